The van der Waals surface area contributed by atoms with Crippen LogP contribution < -0.4 is 5.56 Å². The standard InChI is InChI=1S/C19H28N4O4S/c1-13-18(14(2)27-21-13)28(25,26)23-8-6-15(7-9-23)11-22-12-20-16(10-17(22)24)19(3,4)5/h10,12,15H,6-9,11H2,1-5H3. The fourth-order valence-corrected chi connectivity index (χ4v) is 5.32. The Balaban J connectivity index is 1.67. The molecule has 1 fully saturated rings. The average molecular weight is 409 g/mol. The zero-order chi connectivity index (χ0) is 20.7. The Morgan fingerprint density at radius 3 is 2.36 bits per heavy atom. The average Bonchev–Trinajstić information content (AvgIpc) is 2.95. The van der Waals surface area contributed by atoms with Crippen molar-refractivity contribution in [2.45, 2.75) is 64.3 Å². The maximum Gasteiger partial charge on any atom is 0.253 e. The normalized spacial score (nSPS) is 17.2. The first-order chi connectivity index (χ1) is 13.0. The van der Waals surface area contributed by atoms with Gasteiger partial charge in [0.05, 0.1) is 12.0 Å². The number of hydrogen-bond acceptors (Lipinski definition) is 6. The summed E-state index contributed by atoms with van der Waals surface area (Å²) in [5, 5.41) is 3.76. The highest BCUT2D eigenvalue weighted by Gasteiger charge is 2.33. The summed E-state index contributed by atoms with van der Waals surface area (Å²) in [6.07, 6.45) is 2.99. The van der Waals surface area contributed by atoms with Gasteiger partial charge in [-0.25, -0.2) is 13.4 Å². The molecular weight excluding hydrogens is 380 g/mol. The summed E-state index contributed by atoms with van der Waals surface area (Å²) in [5.41, 5.74) is 0.923. The number of sulfonamides is 1. The van der Waals surface area contributed by atoms with Crippen molar-refractivity contribution in [3.8, 4) is 0 Å². The Kier molecular flexibility index (Phi) is 5.51. The number of rotatable bonds is 4. The molecule has 1 aliphatic rings. The van der Waals surface area contributed by atoms with Gasteiger partial charge in [0.1, 0.15) is 10.6 Å². The summed E-state index contributed by atoms with van der Waals surface area (Å²) in [7, 11) is -3.61. The Labute approximate surface area is 165 Å². The van der Waals surface area contributed by atoms with Crippen LogP contribution in [-0.4, -0.2) is 40.5 Å². The molecule has 3 rings (SSSR count). The van der Waals surface area contributed by atoms with Crippen LogP contribution in [0.3, 0.4) is 0 Å². The van der Waals surface area contributed by atoms with Gasteiger partial charge >= 0.3 is 0 Å². The number of piperidine rings is 1. The van der Waals surface area contributed by atoms with Gasteiger partial charge in [0.15, 0.2) is 5.76 Å². The van der Waals surface area contributed by atoms with E-state index in [4.69, 9.17) is 4.52 Å². The molecule has 0 amide bonds. The molecule has 0 aromatic carbocycles. The van der Waals surface area contributed by atoms with Crippen LogP contribution in [0.4, 0.5) is 0 Å². The van der Waals surface area contributed by atoms with Crippen LogP contribution in [0.5, 0.6) is 0 Å². The predicted molar refractivity (Wildman–Crippen MR) is 105 cm³/mol. The van der Waals surface area contributed by atoms with Gasteiger partial charge in [0.25, 0.3) is 5.56 Å². The highest BCUT2D eigenvalue weighted by Crippen LogP contribution is 2.28. The van der Waals surface area contributed by atoms with E-state index < -0.39 is 10.0 Å². The molecule has 1 saturated heterocycles. The van der Waals surface area contributed by atoms with Gasteiger partial charge in [0, 0.05) is 31.1 Å². The SMILES string of the molecule is Cc1noc(C)c1S(=O)(=O)N1CCC(Cn2cnc(C(C)(C)C)cc2=O)CC1. The van der Waals surface area contributed by atoms with Crippen LogP contribution in [0.25, 0.3) is 0 Å². The molecule has 3 heterocycles. The van der Waals surface area contributed by atoms with Gasteiger partial charge in [-0.1, -0.05) is 25.9 Å². The smallest absolute Gasteiger partial charge is 0.253 e. The minimum absolute atomic E-state index is 0.0642. The van der Waals surface area contributed by atoms with Gasteiger partial charge in [-0.15, -0.1) is 0 Å². The van der Waals surface area contributed by atoms with Crippen LogP contribution in [0.1, 0.15) is 50.8 Å². The first kappa shape index (κ1) is 20.7. The lowest BCUT2D eigenvalue weighted by Crippen LogP contribution is -2.40. The Morgan fingerprint density at radius 1 is 1.21 bits per heavy atom. The van der Waals surface area contributed by atoms with Crippen molar-refractivity contribution in [2.24, 2.45) is 5.92 Å². The summed E-state index contributed by atoms with van der Waals surface area (Å²) < 4.78 is 33.9. The first-order valence-corrected chi connectivity index (χ1v) is 10.9. The van der Waals surface area contributed by atoms with E-state index >= 15 is 0 Å². The van der Waals surface area contributed by atoms with Crippen LogP contribution in [0.2, 0.25) is 0 Å². The maximum absolute atomic E-state index is 12.9. The molecule has 0 N–H and O–H groups in total. The third-order valence-electron chi connectivity index (χ3n) is 5.24. The van der Waals surface area contributed by atoms with E-state index in [-0.39, 0.29) is 21.8 Å². The summed E-state index contributed by atoms with van der Waals surface area (Å²) in [6, 6.07) is 1.59. The number of aryl methyl sites for hydroxylation is 2. The summed E-state index contributed by atoms with van der Waals surface area (Å²) in [6.45, 7) is 10.7. The Bertz CT molecular complexity index is 990. The molecule has 0 aliphatic carbocycles. The molecule has 0 spiro atoms. The quantitative estimate of drug-likeness (QED) is 0.769. The van der Waals surface area contributed by atoms with E-state index in [1.165, 1.54) is 4.31 Å². The molecule has 0 bridgehead atoms. The second kappa shape index (κ2) is 7.44. The maximum atomic E-state index is 12.9. The summed E-state index contributed by atoms with van der Waals surface area (Å²) >= 11 is 0. The Hall–Kier alpha value is -2.00. The van der Waals surface area contributed by atoms with E-state index in [1.807, 2.05) is 20.8 Å². The Morgan fingerprint density at radius 2 is 1.86 bits per heavy atom. The van der Waals surface area contributed by atoms with E-state index in [0.29, 0.717) is 43.9 Å². The summed E-state index contributed by atoms with van der Waals surface area (Å²) in [5.74, 6) is 0.548. The van der Waals surface area contributed by atoms with Crippen LogP contribution in [-0.2, 0) is 22.0 Å². The summed E-state index contributed by atoms with van der Waals surface area (Å²) in [4.78, 5) is 17.0. The van der Waals surface area contributed by atoms with E-state index in [1.54, 1.807) is 30.8 Å². The molecule has 8 nitrogen and oxygen atoms in total. The highest BCUT2D eigenvalue weighted by atomic mass is 32.2. The molecule has 2 aromatic heterocycles. The lowest BCUT2D eigenvalue weighted by Gasteiger charge is -2.31. The topological polar surface area (TPSA) is 98.3 Å². The number of aromatic nitrogens is 3. The molecule has 0 unspecified atom stereocenters. The van der Waals surface area contributed by atoms with Crippen molar-refractivity contribution >= 4 is 10.0 Å². The van der Waals surface area contributed by atoms with Crippen molar-refractivity contribution in [3.05, 3.63) is 39.9 Å². The fraction of sp³-hybridized carbons (Fsp3) is 0.632. The van der Waals surface area contributed by atoms with Gasteiger partial charge in [0.2, 0.25) is 10.0 Å². The lowest BCUT2D eigenvalue weighted by atomic mass is 9.92. The van der Waals surface area contributed by atoms with Gasteiger partial charge in [-0.3, -0.25) is 9.36 Å². The van der Waals surface area contributed by atoms with Crippen molar-refractivity contribution in [1.82, 2.24) is 19.0 Å². The largest absolute Gasteiger partial charge is 0.360 e. The van der Waals surface area contributed by atoms with Crippen molar-refractivity contribution in [3.63, 3.8) is 0 Å². The molecule has 2 aromatic rings. The predicted octanol–water partition coefficient (Wildman–Crippen LogP) is 2.25. The molecule has 0 saturated carbocycles. The van der Waals surface area contributed by atoms with Crippen molar-refractivity contribution in [1.29, 1.82) is 0 Å². The van der Waals surface area contributed by atoms with Crippen LogP contribution in [0, 0.1) is 19.8 Å². The van der Waals surface area contributed by atoms with Crippen molar-refractivity contribution < 1.29 is 12.9 Å². The molecular formula is C19H28N4O4S. The highest BCUT2D eigenvalue weighted by molar-refractivity contribution is 7.89. The lowest BCUT2D eigenvalue weighted by molar-refractivity contribution is 0.250. The third kappa shape index (κ3) is 4.05. The van der Waals surface area contributed by atoms with Gasteiger partial charge < -0.3 is 4.52 Å². The third-order valence-corrected chi connectivity index (χ3v) is 7.39. The van der Waals surface area contributed by atoms with E-state index in [0.717, 1.165) is 5.69 Å². The second-order valence-electron chi connectivity index (χ2n) is 8.52. The molecule has 0 atom stereocenters. The van der Waals surface area contributed by atoms with Gasteiger partial charge in [-0.05, 0) is 32.6 Å². The first-order valence-electron chi connectivity index (χ1n) is 9.50. The number of hydrogen-bond donors (Lipinski definition) is 0. The monoisotopic (exact) mass is 408 g/mol. The zero-order valence-electron chi connectivity index (χ0n) is 17.1. The molecule has 9 heteroatoms. The minimum atomic E-state index is -3.61. The molecule has 28 heavy (non-hydrogen) atoms. The zero-order valence-corrected chi connectivity index (χ0v) is 17.9. The fourth-order valence-electron chi connectivity index (χ4n) is 3.56. The number of nitrogens with zero attached hydrogens (tertiary/aromatic N) is 4. The minimum Gasteiger partial charge on any atom is -0.360 e. The van der Waals surface area contributed by atoms with E-state index in [2.05, 4.69) is 10.1 Å². The second-order valence-corrected chi connectivity index (χ2v) is 10.4. The molecule has 154 valence electrons. The van der Waals surface area contributed by atoms with Crippen molar-refractivity contribution in [2.75, 3.05) is 13.1 Å². The van der Waals surface area contributed by atoms with Crippen LogP contribution in [0.15, 0.2) is 26.6 Å². The van der Waals surface area contributed by atoms with Crippen LogP contribution >= 0.6 is 0 Å². The molecule has 1 aliphatic heterocycles. The molecule has 0 radical (unpaired) electrons. The van der Waals surface area contributed by atoms with Gasteiger partial charge in [-0.2, -0.15) is 4.31 Å². The van der Waals surface area contributed by atoms with E-state index in [9.17, 15) is 13.2 Å².